The zero-order valence-electron chi connectivity index (χ0n) is 20.1. The molecule has 34 heavy (non-hydrogen) atoms. The van der Waals surface area contributed by atoms with E-state index in [1.54, 1.807) is 0 Å². The first kappa shape index (κ1) is 29.3. The highest BCUT2D eigenvalue weighted by Crippen LogP contribution is 2.20. The Labute approximate surface area is 200 Å². The normalized spacial score (nSPS) is 18.3. The molecule has 4 atom stereocenters. The molecule has 1 fully saturated rings. The van der Waals surface area contributed by atoms with Gasteiger partial charge in [0.05, 0.1) is 6.04 Å². The van der Waals surface area contributed by atoms with Crippen molar-refractivity contribution in [3.8, 4) is 0 Å². The first-order valence-electron chi connectivity index (χ1n) is 11.9. The maximum Gasteiger partial charge on any atom is 0.326 e. The van der Waals surface area contributed by atoms with Crippen LogP contribution in [0.2, 0.25) is 0 Å². The van der Waals surface area contributed by atoms with Crippen molar-refractivity contribution in [2.45, 2.75) is 89.4 Å². The highest BCUT2D eigenvalue weighted by molar-refractivity contribution is 5.94. The van der Waals surface area contributed by atoms with Crippen molar-refractivity contribution >= 4 is 29.6 Å². The Hall–Kier alpha value is -2.73. The van der Waals surface area contributed by atoms with Crippen LogP contribution in [-0.4, -0.2) is 76.9 Å². The van der Waals surface area contributed by atoms with Gasteiger partial charge in [-0.1, -0.05) is 13.8 Å². The van der Waals surface area contributed by atoms with Crippen LogP contribution in [0.1, 0.15) is 65.2 Å². The number of carboxylic acids is 1. The molecule has 4 amide bonds. The zero-order valence-corrected chi connectivity index (χ0v) is 20.1. The van der Waals surface area contributed by atoms with Crippen LogP contribution < -0.4 is 27.8 Å². The van der Waals surface area contributed by atoms with Crippen molar-refractivity contribution in [2.24, 2.45) is 23.1 Å². The predicted octanol–water partition coefficient (Wildman–Crippen LogP) is -1.20. The number of primary amides is 1. The van der Waals surface area contributed by atoms with Crippen LogP contribution in [0.5, 0.6) is 0 Å². The van der Waals surface area contributed by atoms with Crippen LogP contribution in [0.15, 0.2) is 0 Å². The van der Waals surface area contributed by atoms with Gasteiger partial charge in [-0.2, -0.15) is 0 Å². The van der Waals surface area contributed by atoms with Crippen molar-refractivity contribution < 1.29 is 29.1 Å². The fourth-order valence-corrected chi connectivity index (χ4v) is 3.96. The lowest BCUT2D eigenvalue weighted by Gasteiger charge is -2.29. The summed E-state index contributed by atoms with van der Waals surface area (Å²) in [7, 11) is 0. The maximum atomic E-state index is 13.1. The van der Waals surface area contributed by atoms with Gasteiger partial charge in [0.15, 0.2) is 0 Å². The Kier molecular flexibility index (Phi) is 12.5. The lowest BCUT2D eigenvalue weighted by Crippen LogP contribution is -2.57. The number of carbonyl (C=O) groups excluding carboxylic acids is 4. The topological polar surface area (TPSA) is 211 Å². The van der Waals surface area contributed by atoms with E-state index in [4.69, 9.17) is 17.2 Å². The molecule has 12 heteroatoms. The van der Waals surface area contributed by atoms with Crippen LogP contribution in [0, 0.1) is 5.92 Å². The molecule has 12 nitrogen and oxygen atoms in total. The smallest absolute Gasteiger partial charge is 0.326 e. The van der Waals surface area contributed by atoms with Gasteiger partial charge in [0.2, 0.25) is 23.6 Å². The number of nitrogens with one attached hydrogen (secondary N) is 2. The van der Waals surface area contributed by atoms with Crippen molar-refractivity contribution in [1.29, 1.82) is 0 Å². The molecule has 194 valence electrons. The van der Waals surface area contributed by atoms with E-state index in [0.29, 0.717) is 38.6 Å². The SMILES string of the molecule is CC(C)CC(N)C(=O)NC(CCCCN)C(=O)NC(CCC(N)=O)C(=O)N1CCCC1C(=O)O. The van der Waals surface area contributed by atoms with Gasteiger partial charge in [0.25, 0.3) is 0 Å². The van der Waals surface area contributed by atoms with Crippen LogP contribution in [0.4, 0.5) is 0 Å². The van der Waals surface area contributed by atoms with Crippen LogP contribution >= 0.6 is 0 Å². The molecule has 1 heterocycles. The summed E-state index contributed by atoms with van der Waals surface area (Å²) in [6.45, 7) is 4.51. The molecule has 1 saturated heterocycles. The zero-order chi connectivity index (χ0) is 25.8. The molecule has 0 aromatic rings. The highest BCUT2D eigenvalue weighted by atomic mass is 16.4. The second kappa shape index (κ2) is 14.5. The second-order valence-electron chi connectivity index (χ2n) is 9.18. The minimum atomic E-state index is -1.15. The molecular formula is C22H40N6O6. The van der Waals surface area contributed by atoms with E-state index in [1.807, 2.05) is 13.8 Å². The largest absolute Gasteiger partial charge is 0.480 e. The molecule has 1 aliphatic heterocycles. The first-order chi connectivity index (χ1) is 16.0. The van der Waals surface area contributed by atoms with E-state index in [1.165, 1.54) is 4.90 Å². The summed E-state index contributed by atoms with van der Waals surface area (Å²) in [4.78, 5) is 62.8. The third-order valence-electron chi connectivity index (χ3n) is 5.76. The summed E-state index contributed by atoms with van der Waals surface area (Å²) < 4.78 is 0. The van der Waals surface area contributed by atoms with E-state index in [-0.39, 0.29) is 31.7 Å². The summed E-state index contributed by atoms with van der Waals surface area (Å²) in [5.74, 6) is -3.29. The lowest BCUT2D eigenvalue weighted by atomic mass is 10.0. The van der Waals surface area contributed by atoms with Crippen LogP contribution in [-0.2, 0) is 24.0 Å². The van der Waals surface area contributed by atoms with Gasteiger partial charge in [-0.3, -0.25) is 19.2 Å². The average molecular weight is 485 g/mol. The molecule has 0 aromatic carbocycles. The van der Waals surface area contributed by atoms with Crippen molar-refractivity contribution in [3.63, 3.8) is 0 Å². The Bertz CT molecular complexity index is 731. The maximum absolute atomic E-state index is 13.1. The number of amides is 4. The van der Waals surface area contributed by atoms with Gasteiger partial charge < -0.3 is 37.8 Å². The molecule has 0 aliphatic carbocycles. The molecule has 1 aliphatic rings. The average Bonchev–Trinajstić information content (AvgIpc) is 3.25. The third kappa shape index (κ3) is 9.64. The van der Waals surface area contributed by atoms with E-state index < -0.39 is 53.8 Å². The standard InChI is InChI=1S/C22H40N6O6/c1-13(2)12-14(24)19(30)26-15(6-3-4-10-23)20(31)27-16(8-9-18(25)29)21(32)28-11-5-7-17(28)22(33)34/h13-17H,3-12,23-24H2,1-2H3,(H2,25,29)(H,26,30)(H,27,31)(H,33,34). The van der Waals surface area contributed by atoms with Crippen molar-refractivity contribution in [2.75, 3.05) is 13.1 Å². The number of hydrogen-bond donors (Lipinski definition) is 6. The number of nitrogens with two attached hydrogens (primary N) is 3. The number of rotatable bonds is 15. The molecule has 9 N–H and O–H groups in total. The lowest BCUT2D eigenvalue weighted by molar-refractivity contribution is -0.149. The van der Waals surface area contributed by atoms with E-state index in [0.717, 1.165) is 0 Å². The molecule has 0 bridgehead atoms. The quantitative estimate of drug-likeness (QED) is 0.155. The minimum absolute atomic E-state index is 0.0843. The van der Waals surface area contributed by atoms with Crippen molar-refractivity contribution in [1.82, 2.24) is 15.5 Å². The van der Waals surface area contributed by atoms with Gasteiger partial charge in [0, 0.05) is 13.0 Å². The number of likely N-dealkylation sites (tertiary alicyclic amines) is 1. The molecule has 1 rings (SSSR count). The number of carboxylic acid groups (broad SMARTS) is 1. The van der Waals surface area contributed by atoms with Gasteiger partial charge in [-0.05, 0) is 57.4 Å². The summed E-state index contributed by atoms with van der Waals surface area (Å²) >= 11 is 0. The number of carbonyl (C=O) groups is 5. The van der Waals surface area contributed by atoms with Gasteiger partial charge in [-0.15, -0.1) is 0 Å². The number of aliphatic carboxylic acids is 1. The summed E-state index contributed by atoms with van der Waals surface area (Å²) in [5, 5.41) is 14.7. The van der Waals surface area contributed by atoms with Gasteiger partial charge in [0.1, 0.15) is 18.1 Å². The fraction of sp³-hybridized carbons (Fsp3) is 0.773. The highest BCUT2D eigenvalue weighted by Gasteiger charge is 2.38. The molecular weight excluding hydrogens is 444 g/mol. The summed E-state index contributed by atoms with van der Waals surface area (Å²) in [6.07, 6.45) is 2.48. The van der Waals surface area contributed by atoms with Crippen molar-refractivity contribution in [3.05, 3.63) is 0 Å². The van der Waals surface area contributed by atoms with Crippen LogP contribution in [0.25, 0.3) is 0 Å². The Morgan fingerprint density at radius 3 is 2.24 bits per heavy atom. The Balaban J connectivity index is 3.00. The van der Waals surface area contributed by atoms with E-state index >= 15 is 0 Å². The Morgan fingerprint density at radius 1 is 1.03 bits per heavy atom. The second-order valence-corrected chi connectivity index (χ2v) is 9.18. The number of unbranched alkanes of at least 4 members (excludes halogenated alkanes) is 1. The fourth-order valence-electron chi connectivity index (χ4n) is 3.96. The summed E-state index contributed by atoms with van der Waals surface area (Å²) in [6, 6.07) is -3.90. The molecule has 4 unspecified atom stereocenters. The predicted molar refractivity (Wildman–Crippen MR) is 125 cm³/mol. The molecule has 0 saturated carbocycles. The molecule has 0 radical (unpaired) electrons. The number of hydrogen-bond acceptors (Lipinski definition) is 7. The third-order valence-corrected chi connectivity index (χ3v) is 5.76. The Morgan fingerprint density at radius 2 is 1.68 bits per heavy atom. The van der Waals surface area contributed by atoms with E-state index in [9.17, 15) is 29.1 Å². The van der Waals surface area contributed by atoms with Crippen LogP contribution in [0.3, 0.4) is 0 Å². The molecule has 0 aromatic heterocycles. The number of nitrogens with zero attached hydrogens (tertiary/aromatic N) is 1. The molecule has 0 spiro atoms. The first-order valence-corrected chi connectivity index (χ1v) is 11.9. The van der Waals surface area contributed by atoms with Gasteiger partial charge in [-0.25, -0.2) is 4.79 Å². The monoisotopic (exact) mass is 484 g/mol. The van der Waals surface area contributed by atoms with E-state index in [2.05, 4.69) is 10.6 Å². The minimum Gasteiger partial charge on any atom is -0.480 e. The summed E-state index contributed by atoms with van der Waals surface area (Å²) in [5.41, 5.74) is 16.7. The van der Waals surface area contributed by atoms with Gasteiger partial charge >= 0.3 is 5.97 Å².